The Morgan fingerprint density at radius 3 is 2.50 bits per heavy atom. The molecule has 0 amide bonds. The first-order valence-corrected chi connectivity index (χ1v) is 5.03. The molecule has 7 heteroatoms. The minimum absolute atomic E-state index is 0.107. The molecule has 0 saturated carbocycles. The summed E-state index contributed by atoms with van der Waals surface area (Å²) in [5.41, 5.74) is 0. The van der Waals surface area contributed by atoms with E-state index in [1.165, 1.54) is 4.90 Å². The van der Waals surface area contributed by atoms with Gasteiger partial charge in [-0.25, -0.2) is 0 Å². The normalized spacial score (nSPS) is 24.6. The van der Waals surface area contributed by atoms with Crippen LogP contribution in [0.5, 0.6) is 0 Å². The van der Waals surface area contributed by atoms with Gasteiger partial charge in [0.25, 0.3) is 0 Å². The molecule has 0 aromatic carbocycles. The molecule has 94 valence electrons. The maximum atomic E-state index is 12.2. The second-order valence-corrected chi connectivity index (χ2v) is 4.06. The number of nitrogens with zero attached hydrogens (tertiary/aromatic N) is 2. The third-order valence-corrected chi connectivity index (χ3v) is 2.59. The van der Waals surface area contributed by atoms with Crippen molar-refractivity contribution >= 4 is 5.97 Å². The number of hydrogen-bond donors (Lipinski definition) is 1. The monoisotopic (exact) mass is 240 g/mol. The second kappa shape index (κ2) is 5.01. The molecule has 0 aromatic rings. The number of rotatable bonds is 3. The lowest BCUT2D eigenvalue weighted by Crippen LogP contribution is -2.55. The number of carboxylic acid groups (broad SMARTS) is 1. The van der Waals surface area contributed by atoms with Crippen LogP contribution in [0.4, 0.5) is 13.2 Å². The van der Waals surface area contributed by atoms with Gasteiger partial charge in [-0.1, -0.05) is 0 Å². The summed E-state index contributed by atoms with van der Waals surface area (Å²) in [6.45, 7) is 1.64. The Kier molecular flexibility index (Phi) is 4.15. The molecule has 0 aromatic heterocycles. The number of carbonyl (C=O) groups is 1. The first-order chi connectivity index (χ1) is 7.28. The summed E-state index contributed by atoms with van der Waals surface area (Å²) in [6.07, 6.45) is -4.19. The SMILES string of the molecule is C[C@H]1CN(CC(=O)O)CCN1CC(F)(F)F. The van der Waals surface area contributed by atoms with Crippen molar-refractivity contribution in [1.29, 1.82) is 0 Å². The highest BCUT2D eigenvalue weighted by Gasteiger charge is 2.35. The van der Waals surface area contributed by atoms with Gasteiger partial charge in [-0.3, -0.25) is 14.6 Å². The summed E-state index contributed by atoms with van der Waals surface area (Å²) in [6, 6.07) is -0.269. The molecule has 1 N–H and O–H groups in total. The van der Waals surface area contributed by atoms with Crippen LogP contribution in [-0.4, -0.2) is 65.8 Å². The molecule has 1 saturated heterocycles. The minimum Gasteiger partial charge on any atom is -0.480 e. The highest BCUT2D eigenvalue weighted by atomic mass is 19.4. The quantitative estimate of drug-likeness (QED) is 0.786. The van der Waals surface area contributed by atoms with Gasteiger partial charge in [0.1, 0.15) is 0 Å². The Morgan fingerprint density at radius 1 is 1.44 bits per heavy atom. The van der Waals surface area contributed by atoms with Gasteiger partial charge in [0.15, 0.2) is 0 Å². The van der Waals surface area contributed by atoms with Gasteiger partial charge < -0.3 is 5.11 Å². The van der Waals surface area contributed by atoms with Gasteiger partial charge in [-0.2, -0.15) is 13.2 Å². The maximum absolute atomic E-state index is 12.2. The van der Waals surface area contributed by atoms with Crippen molar-refractivity contribution in [1.82, 2.24) is 9.80 Å². The summed E-state index contributed by atoms with van der Waals surface area (Å²) in [4.78, 5) is 13.4. The predicted molar refractivity (Wildman–Crippen MR) is 51.2 cm³/mol. The van der Waals surface area contributed by atoms with E-state index in [2.05, 4.69) is 0 Å². The number of halogens is 3. The van der Waals surface area contributed by atoms with E-state index in [1.54, 1.807) is 11.8 Å². The lowest BCUT2D eigenvalue weighted by atomic mass is 10.2. The minimum atomic E-state index is -4.19. The Hall–Kier alpha value is -0.820. The van der Waals surface area contributed by atoms with Crippen molar-refractivity contribution in [2.24, 2.45) is 0 Å². The predicted octanol–water partition coefficient (Wildman–Crippen LogP) is 0.639. The fourth-order valence-electron chi connectivity index (χ4n) is 1.87. The van der Waals surface area contributed by atoms with Gasteiger partial charge in [0.05, 0.1) is 13.1 Å². The molecule has 1 heterocycles. The van der Waals surface area contributed by atoms with Crippen LogP contribution >= 0.6 is 0 Å². The molecule has 4 nitrogen and oxygen atoms in total. The average Bonchev–Trinajstić information content (AvgIpc) is 2.06. The molecule has 1 atom stereocenters. The van der Waals surface area contributed by atoms with Gasteiger partial charge in [0.2, 0.25) is 0 Å². The fourth-order valence-corrected chi connectivity index (χ4v) is 1.87. The molecular formula is C9H15F3N2O2. The maximum Gasteiger partial charge on any atom is 0.401 e. The van der Waals surface area contributed by atoms with Crippen molar-refractivity contribution in [2.75, 3.05) is 32.7 Å². The van der Waals surface area contributed by atoms with Crippen LogP contribution in [0.25, 0.3) is 0 Å². The van der Waals surface area contributed by atoms with Gasteiger partial charge in [-0.15, -0.1) is 0 Å². The summed E-state index contributed by atoms with van der Waals surface area (Å²) in [7, 11) is 0. The lowest BCUT2D eigenvalue weighted by Gasteiger charge is -2.39. The van der Waals surface area contributed by atoms with Crippen molar-refractivity contribution < 1.29 is 23.1 Å². The van der Waals surface area contributed by atoms with E-state index in [4.69, 9.17) is 5.11 Å². The van der Waals surface area contributed by atoms with E-state index < -0.39 is 18.7 Å². The van der Waals surface area contributed by atoms with E-state index >= 15 is 0 Å². The first-order valence-electron chi connectivity index (χ1n) is 5.03. The van der Waals surface area contributed by atoms with E-state index in [0.717, 1.165) is 0 Å². The van der Waals surface area contributed by atoms with Crippen molar-refractivity contribution in [3.63, 3.8) is 0 Å². The standard InChI is InChI=1S/C9H15F3N2O2/c1-7-4-13(5-8(15)16)2-3-14(7)6-9(10,11)12/h7H,2-6H2,1H3,(H,15,16)/t7-/m0/s1. The van der Waals surface area contributed by atoms with E-state index in [0.29, 0.717) is 13.1 Å². The zero-order valence-electron chi connectivity index (χ0n) is 9.00. The molecule has 1 fully saturated rings. The summed E-state index contributed by atoms with van der Waals surface area (Å²) in [5, 5.41) is 8.57. The smallest absolute Gasteiger partial charge is 0.401 e. The molecule has 16 heavy (non-hydrogen) atoms. The Morgan fingerprint density at radius 2 is 2.06 bits per heavy atom. The van der Waals surface area contributed by atoms with Crippen LogP contribution in [0.3, 0.4) is 0 Å². The lowest BCUT2D eigenvalue weighted by molar-refractivity contribution is -0.156. The number of aliphatic carboxylic acids is 1. The van der Waals surface area contributed by atoms with Gasteiger partial charge >= 0.3 is 12.1 Å². The van der Waals surface area contributed by atoms with Gasteiger partial charge in [-0.05, 0) is 6.92 Å². The van der Waals surface area contributed by atoms with E-state index in [1.807, 2.05) is 0 Å². The number of carboxylic acids is 1. The Bertz CT molecular complexity index is 258. The highest BCUT2D eigenvalue weighted by molar-refractivity contribution is 5.69. The Balaban J connectivity index is 2.43. The molecule has 0 spiro atoms. The second-order valence-electron chi connectivity index (χ2n) is 4.06. The zero-order valence-corrected chi connectivity index (χ0v) is 9.00. The van der Waals surface area contributed by atoms with E-state index in [-0.39, 0.29) is 19.1 Å². The molecule has 0 unspecified atom stereocenters. The van der Waals surface area contributed by atoms with Crippen LogP contribution in [0.1, 0.15) is 6.92 Å². The van der Waals surface area contributed by atoms with Crippen molar-refractivity contribution in [3.05, 3.63) is 0 Å². The van der Waals surface area contributed by atoms with E-state index in [9.17, 15) is 18.0 Å². The Labute approximate surface area is 91.6 Å². The van der Waals surface area contributed by atoms with Crippen LogP contribution < -0.4 is 0 Å². The molecular weight excluding hydrogens is 225 g/mol. The topological polar surface area (TPSA) is 43.8 Å². The molecule has 1 aliphatic rings. The zero-order chi connectivity index (χ0) is 12.3. The van der Waals surface area contributed by atoms with Crippen LogP contribution in [0, 0.1) is 0 Å². The molecule has 1 rings (SSSR count). The third kappa shape index (κ3) is 4.36. The molecule has 0 bridgehead atoms. The third-order valence-electron chi connectivity index (χ3n) is 2.59. The summed E-state index contributed by atoms with van der Waals surface area (Å²) in [5.74, 6) is -0.948. The van der Waals surface area contributed by atoms with Crippen molar-refractivity contribution in [2.45, 2.75) is 19.1 Å². The first kappa shape index (κ1) is 13.2. The van der Waals surface area contributed by atoms with Crippen molar-refractivity contribution in [3.8, 4) is 0 Å². The number of hydrogen-bond acceptors (Lipinski definition) is 3. The molecule has 0 radical (unpaired) electrons. The largest absolute Gasteiger partial charge is 0.480 e. The molecule has 1 aliphatic heterocycles. The van der Waals surface area contributed by atoms with Crippen LogP contribution in [0.2, 0.25) is 0 Å². The molecule has 0 aliphatic carbocycles. The summed E-state index contributed by atoms with van der Waals surface area (Å²) >= 11 is 0. The average molecular weight is 240 g/mol. The highest BCUT2D eigenvalue weighted by Crippen LogP contribution is 2.19. The number of alkyl halides is 3. The summed E-state index contributed by atoms with van der Waals surface area (Å²) < 4.78 is 36.5. The fraction of sp³-hybridized carbons (Fsp3) is 0.889. The van der Waals surface area contributed by atoms with Crippen LogP contribution in [0.15, 0.2) is 0 Å². The van der Waals surface area contributed by atoms with Gasteiger partial charge in [0, 0.05) is 25.7 Å². The number of piperazine rings is 1. The van der Waals surface area contributed by atoms with Crippen LogP contribution in [-0.2, 0) is 4.79 Å².